The van der Waals surface area contributed by atoms with Gasteiger partial charge in [0.25, 0.3) is 0 Å². The molecule has 0 heterocycles. The molecule has 59 heavy (non-hydrogen) atoms. The Morgan fingerprint density at radius 1 is 0.559 bits per heavy atom. The van der Waals surface area contributed by atoms with Crippen molar-refractivity contribution in [2.45, 2.75) is 219 Å². The van der Waals surface area contributed by atoms with Gasteiger partial charge in [-0.25, -0.2) is 4.57 Å². The summed E-state index contributed by atoms with van der Waals surface area (Å²) < 4.78 is 33.4. The van der Waals surface area contributed by atoms with Crippen LogP contribution in [0.5, 0.6) is 0 Å². The number of carbonyl (C=O) groups excluding carboxylic acids is 1. The lowest BCUT2D eigenvalue weighted by Gasteiger charge is -2.20. The molecule has 3 atom stereocenters. The number of ether oxygens (including phenoxy) is 2. The molecule has 0 aliphatic carbocycles. The second kappa shape index (κ2) is 44.0. The van der Waals surface area contributed by atoms with E-state index in [4.69, 9.17) is 29.4 Å². The average Bonchev–Trinajstić information content (AvgIpc) is 3.21. The van der Waals surface area contributed by atoms with E-state index in [1.165, 1.54) is 116 Å². The van der Waals surface area contributed by atoms with Gasteiger partial charge in [0.2, 0.25) is 0 Å². The van der Waals surface area contributed by atoms with Crippen molar-refractivity contribution in [1.82, 2.24) is 0 Å². The van der Waals surface area contributed by atoms with Crippen molar-refractivity contribution in [2.24, 2.45) is 5.73 Å². The number of rotatable bonds is 45. The first-order chi connectivity index (χ1) is 28.7. The SMILES string of the molecule is CC/C=C\C/C=C\C/C=C\C/C=C\CCCCCOCC(COP(=O)(O)OCC(N)C(=O)O)OC(=O)CCCCCCCCCCCCCCCCCCCCCCC. The summed E-state index contributed by atoms with van der Waals surface area (Å²) in [7, 11) is -4.63. The topological polar surface area (TPSA) is 155 Å². The first-order valence-electron chi connectivity index (χ1n) is 23.7. The Morgan fingerprint density at radius 3 is 1.46 bits per heavy atom. The number of carbonyl (C=O) groups is 2. The zero-order valence-electron chi connectivity index (χ0n) is 37.6. The number of aliphatic carboxylic acids is 1. The van der Waals surface area contributed by atoms with Gasteiger partial charge in [0, 0.05) is 13.0 Å². The maximum absolute atomic E-state index is 12.7. The molecule has 0 saturated carbocycles. The molecule has 3 unspecified atom stereocenters. The fourth-order valence-electron chi connectivity index (χ4n) is 6.48. The summed E-state index contributed by atoms with van der Waals surface area (Å²) in [4.78, 5) is 33.6. The van der Waals surface area contributed by atoms with Crippen LogP contribution in [0.4, 0.5) is 0 Å². The molecule has 0 rings (SSSR count). The van der Waals surface area contributed by atoms with E-state index in [9.17, 15) is 19.0 Å². The van der Waals surface area contributed by atoms with Gasteiger partial charge in [-0.2, -0.15) is 0 Å². The molecule has 0 aromatic rings. The van der Waals surface area contributed by atoms with E-state index >= 15 is 0 Å². The molecule has 0 radical (unpaired) electrons. The lowest BCUT2D eigenvalue weighted by Crippen LogP contribution is -2.34. The number of phosphoric acid groups is 1. The predicted octanol–water partition coefficient (Wildman–Crippen LogP) is 13.4. The molecule has 344 valence electrons. The maximum atomic E-state index is 12.7. The molecule has 0 aliphatic rings. The zero-order valence-corrected chi connectivity index (χ0v) is 38.5. The number of hydrogen-bond acceptors (Lipinski definition) is 8. The third-order valence-electron chi connectivity index (χ3n) is 10.1. The number of esters is 1. The molecule has 4 N–H and O–H groups in total. The smallest absolute Gasteiger partial charge is 0.472 e. The van der Waals surface area contributed by atoms with Crippen molar-refractivity contribution in [3.05, 3.63) is 48.6 Å². The van der Waals surface area contributed by atoms with Crippen LogP contribution < -0.4 is 5.73 Å². The van der Waals surface area contributed by atoms with Gasteiger partial charge < -0.3 is 25.2 Å². The number of unbranched alkanes of at least 4 members (excludes halogenated alkanes) is 23. The number of carboxylic acid groups (broad SMARTS) is 1. The lowest BCUT2D eigenvalue weighted by atomic mass is 10.0. The van der Waals surface area contributed by atoms with E-state index < -0.39 is 45.1 Å². The van der Waals surface area contributed by atoms with Gasteiger partial charge in [-0.05, 0) is 51.4 Å². The van der Waals surface area contributed by atoms with Crippen molar-refractivity contribution in [3.63, 3.8) is 0 Å². The number of allylic oxidation sites excluding steroid dienone is 8. The molecule has 10 nitrogen and oxygen atoms in total. The number of hydrogen-bond donors (Lipinski definition) is 3. The van der Waals surface area contributed by atoms with E-state index in [0.717, 1.165) is 64.2 Å². The highest BCUT2D eigenvalue weighted by Gasteiger charge is 2.27. The van der Waals surface area contributed by atoms with Gasteiger partial charge in [0.15, 0.2) is 0 Å². The Kier molecular flexibility index (Phi) is 42.5. The Morgan fingerprint density at radius 2 is 0.983 bits per heavy atom. The third kappa shape index (κ3) is 43.8. The largest absolute Gasteiger partial charge is 0.480 e. The van der Waals surface area contributed by atoms with Crippen LogP contribution in [-0.4, -0.2) is 60.5 Å². The standard InChI is InChI=1S/C48H88NO9P/c1-3-5-7-9-11-13-15-17-19-21-22-23-24-25-26-28-30-32-34-36-38-40-47(50)58-45(43-56-59(53,54)57-44-46(49)48(51)52)42-55-41-39-37-35-33-31-29-27-20-18-16-14-12-10-8-6-4-2/h6,8,12,14,18,20,29,31,45-46H,3-5,7,9-11,13,15-17,19,21-28,30,32-44,49H2,1-2H3,(H,51,52)(H,53,54)/b8-6-,14-12-,20-18-,31-29-. The van der Waals surface area contributed by atoms with E-state index in [1.54, 1.807) is 0 Å². The van der Waals surface area contributed by atoms with Crippen molar-refractivity contribution < 1.29 is 42.7 Å². The van der Waals surface area contributed by atoms with Crippen molar-refractivity contribution in [2.75, 3.05) is 26.4 Å². The Bertz CT molecular complexity index is 1130. The summed E-state index contributed by atoms with van der Waals surface area (Å²) in [6.45, 7) is 3.71. The molecule has 0 bridgehead atoms. The molecule has 0 aromatic carbocycles. The molecule has 0 aromatic heterocycles. The molecule has 0 aliphatic heterocycles. The molecule has 0 saturated heterocycles. The highest BCUT2D eigenvalue weighted by Crippen LogP contribution is 2.43. The molecule has 0 amide bonds. The molecule has 11 heteroatoms. The van der Waals surface area contributed by atoms with Gasteiger partial charge >= 0.3 is 19.8 Å². The van der Waals surface area contributed by atoms with Crippen LogP contribution in [0.2, 0.25) is 0 Å². The first kappa shape index (κ1) is 56.9. The molecular formula is C48H88NO9P. The normalized spacial score (nSPS) is 14.2. The van der Waals surface area contributed by atoms with Gasteiger partial charge in [0.1, 0.15) is 12.1 Å². The number of phosphoric ester groups is 1. The van der Waals surface area contributed by atoms with Crippen LogP contribution in [0.15, 0.2) is 48.6 Å². The minimum Gasteiger partial charge on any atom is -0.480 e. The van der Waals surface area contributed by atoms with E-state index in [0.29, 0.717) is 13.0 Å². The summed E-state index contributed by atoms with van der Waals surface area (Å²) in [5.41, 5.74) is 5.36. The second-order valence-electron chi connectivity index (χ2n) is 15.9. The predicted molar refractivity (Wildman–Crippen MR) is 244 cm³/mol. The fraction of sp³-hybridized carbons (Fsp3) is 0.792. The average molecular weight is 854 g/mol. The van der Waals surface area contributed by atoms with Gasteiger partial charge in [-0.15, -0.1) is 0 Å². The summed E-state index contributed by atoms with van der Waals surface area (Å²) in [6, 6.07) is -1.48. The van der Waals surface area contributed by atoms with Crippen LogP contribution in [-0.2, 0) is 32.7 Å². The molecule has 0 spiro atoms. The number of carboxylic acids is 1. The monoisotopic (exact) mass is 854 g/mol. The molecular weight excluding hydrogens is 765 g/mol. The fourth-order valence-corrected chi connectivity index (χ4v) is 7.26. The lowest BCUT2D eigenvalue weighted by molar-refractivity contribution is -0.154. The Labute approximate surface area is 360 Å². The van der Waals surface area contributed by atoms with Crippen LogP contribution in [0.25, 0.3) is 0 Å². The number of nitrogens with two attached hydrogens (primary N) is 1. The summed E-state index contributed by atoms with van der Waals surface area (Å²) in [5.74, 6) is -1.79. The summed E-state index contributed by atoms with van der Waals surface area (Å²) >= 11 is 0. The third-order valence-corrected chi connectivity index (χ3v) is 11.1. The van der Waals surface area contributed by atoms with Crippen LogP contribution in [0.3, 0.4) is 0 Å². The van der Waals surface area contributed by atoms with E-state index in [1.807, 2.05) is 0 Å². The Balaban J connectivity index is 4.19. The van der Waals surface area contributed by atoms with Crippen LogP contribution >= 0.6 is 7.82 Å². The van der Waals surface area contributed by atoms with Crippen molar-refractivity contribution >= 4 is 19.8 Å². The Hall–Kier alpha value is -2.07. The quantitative estimate of drug-likeness (QED) is 0.0233. The maximum Gasteiger partial charge on any atom is 0.472 e. The second-order valence-corrected chi connectivity index (χ2v) is 17.3. The summed E-state index contributed by atoms with van der Waals surface area (Å²) in [6.07, 6.45) is 51.7. The van der Waals surface area contributed by atoms with Crippen molar-refractivity contribution in [3.8, 4) is 0 Å². The van der Waals surface area contributed by atoms with Crippen LogP contribution in [0, 0.1) is 0 Å². The highest BCUT2D eigenvalue weighted by molar-refractivity contribution is 7.47. The van der Waals surface area contributed by atoms with Gasteiger partial charge in [-0.1, -0.05) is 197 Å². The minimum absolute atomic E-state index is 0.00342. The van der Waals surface area contributed by atoms with Gasteiger partial charge in [-0.3, -0.25) is 18.6 Å². The van der Waals surface area contributed by atoms with Crippen molar-refractivity contribution in [1.29, 1.82) is 0 Å². The molecule has 0 fully saturated rings. The van der Waals surface area contributed by atoms with E-state index in [2.05, 4.69) is 62.5 Å². The van der Waals surface area contributed by atoms with E-state index in [-0.39, 0.29) is 13.0 Å². The first-order valence-corrected chi connectivity index (χ1v) is 25.2. The zero-order chi connectivity index (χ0) is 43.3. The summed E-state index contributed by atoms with van der Waals surface area (Å²) in [5, 5.41) is 8.91. The van der Waals surface area contributed by atoms with Crippen LogP contribution in [0.1, 0.15) is 206 Å². The minimum atomic E-state index is -4.63. The highest BCUT2D eigenvalue weighted by atomic mass is 31.2. The van der Waals surface area contributed by atoms with Gasteiger partial charge in [0.05, 0.1) is 19.8 Å².